The maximum atomic E-state index is 13.5. The number of halogens is 1. The molecule has 1 saturated heterocycles. The fourth-order valence-electron chi connectivity index (χ4n) is 3.41. The number of hydrogen-bond acceptors (Lipinski definition) is 3. The molecule has 5 nitrogen and oxygen atoms in total. The Bertz CT molecular complexity index is 660. The molecule has 25 heavy (non-hydrogen) atoms. The molecule has 136 valence electrons. The van der Waals surface area contributed by atoms with Gasteiger partial charge in [-0.25, -0.2) is 4.39 Å². The number of aryl methyl sites for hydroxylation is 1. The highest BCUT2D eigenvalue weighted by Gasteiger charge is 2.41. The molecule has 3 rings (SSSR count). The minimum Gasteiger partial charge on any atom is -0.396 e. The van der Waals surface area contributed by atoms with E-state index in [2.05, 4.69) is 0 Å². The zero-order chi connectivity index (χ0) is 18.0. The molecule has 1 saturated carbocycles. The fourth-order valence-corrected chi connectivity index (χ4v) is 3.41. The van der Waals surface area contributed by atoms with Crippen LogP contribution in [0, 0.1) is 18.7 Å². The standard InChI is InChI=1S/C19H25FN2O3/c1-13-10-16(6-7-17(13)20)22-12-14(11-18(22)24)19(25)21(15-4-5-15)8-2-3-9-23/h6-7,10,14-15,23H,2-5,8-9,11-12H2,1H3. The van der Waals surface area contributed by atoms with Crippen molar-refractivity contribution in [1.29, 1.82) is 0 Å². The lowest BCUT2D eigenvalue weighted by molar-refractivity contribution is -0.136. The first-order valence-corrected chi connectivity index (χ1v) is 8.99. The van der Waals surface area contributed by atoms with Gasteiger partial charge in [0.05, 0.1) is 5.92 Å². The normalized spacial score (nSPS) is 20.2. The molecule has 2 amide bonds. The van der Waals surface area contributed by atoms with Crippen molar-refractivity contribution in [2.45, 2.75) is 45.1 Å². The molecule has 1 aromatic carbocycles. The summed E-state index contributed by atoms with van der Waals surface area (Å²) < 4.78 is 13.5. The predicted octanol–water partition coefficient (Wildman–Crippen LogP) is 2.25. The van der Waals surface area contributed by atoms with Crippen molar-refractivity contribution in [3.8, 4) is 0 Å². The van der Waals surface area contributed by atoms with Crippen molar-refractivity contribution >= 4 is 17.5 Å². The Labute approximate surface area is 147 Å². The van der Waals surface area contributed by atoms with Gasteiger partial charge < -0.3 is 14.9 Å². The van der Waals surface area contributed by atoms with E-state index >= 15 is 0 Å². The summed E-state index contributed by atoms with van der Waals surface area (Å²) in [5, 5.41) is 8.94. The first-order chi connectivity index (χ1) is 12.0. The van der Waals surface area contributed by atoms with Crippen LogP contribution >= 0.6 is 0 Å². The molecule has 0 spiro atoms. The van der Waals surface area contributed by atoms with Crippen LogP contribution < -0.4 is 4.90 Å². The van der Waals surface area contributed by atoms with Crippen LogP contribution in [0.15, 0.2) is 18.2 Å². The van der Waals surface area contributed by atoms with E-state index in [1.165, 1.54) is 6.07 Å². The summed E-state index contributed by atoms with van der Waals surface area (Å²) in [4.78, 5) is 28.8. The number of anilines is 1. The van der Waals surface area contributed by atoms with Crippen LogP contribution in [0.5, 0.6) is 0 Å². The minimum atomic E-state index is -0.340. The van der Waals surface area contributed by atoms with Gasteiger partial charge in [0.15, 0.2) is 0 Å². The molecule has 1 aromatic rings. The van der Waals surface area contributed by atoms with E-state index in [4.69, 9.17) is 5.11 Å². The van der Waals surface area contributed by atoms with Crippen molar-refractivity contribution in [3.63, 3.8) is 0 Å². The number of benzene rings is 1. The number of unbranched alkanes of at least 4 members (excludes halogenated alkanes) is 1. The van der Waals surface area contributed by atoms with Gasteiger partial charge in [-0.1, -0.05) is 0 Å². The predicted molar refractivity (Wildman–Crippen MR) is 92.7 cm³/mol. The lowest BCUT2D eigenvalue weighted by Crippen LogP contribution is -2.39. The Hall–Kier alpha value is -1.95. The maximum absolute atomic E-state index is 13.5. The molecule has 6 heteroatoms. The second kappa shape index (κ2) is 7.52. The van der Waals surface area contributed by atoms with Gasteiger partial charge in [-0.3, -0.25) is 9.59 Å². The first kappa shape index (κ1) is 17.9. The topological polar surface area (TPSA) is 60.9 Å². The number of carbonyl (C=O) groups excluding carboxylic acids is 2. The molecule has 0 aromatic heterocycles. The molecule has 0 bridgehead atoms. The molecule has 1 aliphatic heterocycles. The second-order valence-corrected chi connectivity index (χ2v) is 7.03. The minimum absolute atomic E-state index is 0.0372. The smallest absolute Gasteiger partial charge is 0.228 e. The molecule has 1 unspecified atom stereocenters. The number of rotatable bonds is 7. The highest BCUT2D eigenvalue weighted by Crippen LogP contribution is 2.32. The Kier molecular flexibility index (Phi) is 5.37. The number of carbonyl (C=O) groups is 2. The van der Waals surface area contributed by atoms with E-state index < -0.39 is 0 Å². The van der Waals surface area contributed by atoms with Gasteiger partial charge in [0.2, 0.25) is 11.8 Å². The molecule has 1 heterocycles. The quantitative estimate of drug-likeness (QED) is 0.769. The second-order valence-electron chi connectivity index (χ2n) is 7.03. The SMILES string of the molecule is Cc1cc(N2CC(C(=O)N(CCCCO)C3CC3)CC2=O)ccc1F. The van der Waals surface area contributed by atoms with Gasteiger partial charge in [0.1, 0.15) is 5.82 Å². The van der Waals surface area contributed by atoms with Crippen LogP contribution in [-0.2, 0) is 9.59 Å². The first-order valence-electron chi connectivity index (χ1n) is 8.99. The summed E-state index contributed by atoms with van der Waals surface area (Å²) in [7, 11) is 0. The number of nitrogens with zero attached hydrogens (tertiary/aromatic N) is 2. The van der Waals surface area contributed by atoms with E-state index in [-0.39, 0.29) is 36.6 Å². The summed E-state index contributed by atoms with van der Waals surface area (Å²) in [5.74, 6) is -0.690. The van der Waals surface area contributed by atoms with E-state index in [1.807, 2.05) is 4.90 Å². The Morgan fingerprint density at radius 2 is 2.12 bits per heavy atom. The number of aliphatic hydroxyl groups excluding tert-OH is 1. The van der Waals surface area contributed by atoms with Gasteiger partial charge in [0.25, 0.3) is 0 Å². The van der Waals surface area contributed by atoms with E-state index in [0.717, 1.165) is 19.3 Å². The van der Waals surface area contributed by atoms with Crippen molar-refractivity contribution in [2.75, 3.05) is 24.6 Å². The van der Waals surface area contributed by atoms with Gasteiger partial charge in [-0.15, -0.1) is 0 Å². The fraction of sp³-hybridized carbons (Fsp3) is 0.579. The van der Waals surface area contributed by atoms with Crippen LogP contribution in [0.4, 0.5) is 10.1 Å². The van der Waals surface area contributed by atoms with Gasteiger partial charge in [-0.05, 0) is 56.4 Å². The molecule has 2 fully saturated rings. The lowest BCUT2D eigenvalue weighted by Gasteiger charge is -2.25. The van der Waals surface area contributed by atoms with Crippen LogP contribution in [0.3, 0.4) is 0 Å². The van der Waals surface area contributed by atoms with Crippen molar-refractivity contribution < 1.29 is 19.1 Å². The third-order valence-electron chi connectivity index (χ3n) is 5.01. The lowest BCUT2D eigenvalue weighted by atomic mass is 10.1. The summed E-state index contributed by atoms with van der Waals surface area (Å²) >= 11 is 0. The Morgan fingerprint density at radius 3 is 2.76 bits per heavy atom. The summed E-state index contributed by atoms with van der Waals surface area (Å²) in [6.07, 6.45) is 3.71. The van der Waals surface area contributed by atoms with Crippen molar-refractivity contribution in [2.24, 2.45) is 5.92 Å². The van der Waals surface area contributed by atoms with Crippen LogP contribution in [0.2, 0.25) is 0 Å². The highest BCUT2D eigenvalue weighted by atomic mass is 19.1. The van der Waals surface area contributed by atoms with Crippen LogP contribution in [0.1, 0.15) is 37.7 Å². The maximum Gasteiger partial charge on any atom is 0.228 e. The zero-order valence-corrected chi connectivity index (χ0v) is 14.6. The average Bonchev–Trinajstić information content (AvgIpc) is 3.35. The van der Waals surface area contributed by atoms with E-state index in [0.29, 0.717) is 36.8 Å². The summed E-state index contributed by atoms with van der Waals surface area (Å²) in [6.45, 7) is 2.79. The average molecular weight is 348 g/mol. The zero-order valence-electron chi connectivity index (χ0n) is 14.6. The van der Waals surface area contributed by atoms with Gasteiger partial charge >= 0.3 is 0 Å². The van der Waals surface area contributed by atoms with Crippen molar-refractivity contribution in [3.05, 3.63) is 29.6 Å². The Morgan fingerprint density at radius 1 is 1.36 bits per heavy atom. The van der Waals surface area contributed by atoms with Gasteiger partial charge in [-0.2, -0.15) is 0 Å². The monoisotopic (exact) mass is 348 g/mol. The largest absolute Gasteiger partial charge is 0.396 e. The molecule has 1 N–H and O–H groups in total. The number of hydrogen-bond donors (Lipinski definition) is 1. The van der Waals surface area contributed by atoms with E-state index in [1.54, 1.807) is 24.0 Å². The van der Waals surface area contributed by atoms with E-state index in [9.17, 15) is 14.0 Å². The summed E-state index contributed by atoms with van der Waals surface area (Å²) in [5.41, 5.74) is 1.14. The molecule has 0 radical (unpaired) electrons. The van der Waals surface area contributed by atoms with Crippen LogP contribution in [0.25, 0.3) is 0 Å². The van der Waals surface area contributed by atoms with Crippen LogP contribution in [-0.4, -0.2) is 47.6 Å². The molecule has 1 aliphatic carbocycles. The highest BCUT2D eigenvalue weighted by molar-refractivity contribution is 6.00. The molecular formula is C19H25FN2O3. The van der Waals surface area contributed by atoms with Gasteiger partial charge in [0, 0.05) is 37.8 Å². The third-order valence-corrected chi connectivity index (χ3v) is 5.01. The number of amides is 2. The van der Waals surface area contributed by atoms with Crippen molar-refractivity contribution in [1.82, 2.24) is 4.90 Å². The molecule has 2 aliphatic rings. The molecule has 1 atom stereocenters. The third kappa shape index (κ3) is 4.00. The number of aliphatic hydroxyl groups is 1. The molecular weight excluding hydrogens is 323 g/mol. The Balaban J connectivity index is 1.68. The summed E-state index contributed by atoms with van der Waals surface area (Å²) in [6, 6.07) is 4.90.